The summed E-state index contributed by atoms with van der Waals surface area (Å²) >= 11 is 7.94. The number of alkyl halides is 3. The average molecular weight is 489 g/mol. The summed E-state index contributed by atoms with van der Waals surface area (Å²) in [6.07, 6.45) is -3.56. The van der Waals surface area contributed by atoms with Crippen molar-refractivity contribution < 1.29 is 60.6 Å². The fourth-order valence-corrected chi connectivity index (χ4v) is 5.07. The molecule has 0 aromatic heterocycles. The van der Waals surface area contributed by atoms with E-state index in [0.717, 1.165) is 0 Å². The molecule has 1 saturated heterocycles. The molecule has 18 heteroatoms. The van der Waals surface area contributed by atoms with Crippen molar-refractivity contribution >= 4 is 51.0 Å². The summed E-state index contributed by atoms with van der Waals surface area (Å²) in [5.74, 6) is 0. The van der Waals surface area contributed by atoms with Crippen LogP contribution in [0.2, 0.25) is 0 Å². The highest BCUT2D eigenvalue weighted by atomic mass is 79.9. The van der Waals surface area contributed by atoms with Gasteiger partial charge in [-0.1, -0.05) is 27.5 Å². The van der Waals surface area contributed by atoms with Crippen molar-refractivity contribution in [3.05, 3.63) is 0 Å². The Morgan fingerprint density at radius 2 is 1.70 bits per heavy atom. The Morgan fingerprint density at radius 1 is 1.17 bits per heavy atom. The molecule has 138 valence electrons. The van der Waals surface area contributed by atoms with E-state index >= 15 is 0 Å². The fourth-order valence-electron chi connectivity index (χ4n) is 1.30. The van der Waals surface area contributed by atoms with Crippen LogP contribution in [-0.4, -0.2) is 53.6 Å². The first-order valence-electron chi connectivity index (χ1n) is 5.19. The van der Waals surface area contributed by atoms with Crippen LogP contribution in [0.5, 0.6) is 0 Å². The first-order valence-corrected chi connectivity index (χ1v) is 11.0. The maximum atomic E-state index is 13.7. The van der Waals surface area contributed by atoms with Crippen LogP contribution in [0.3, 0.4) is 0 Å². The molecule has 0 amide bonds. The zero-order valence-electron chi connectivity index (χ0n) is 10.5. The second-order valence-corrected chi connectivity index (χ2v) is 9.83. The summed E-state index contributed by atoms with van der Waals surface area (Å²) in [6.45, 7) is -1.02. The van der Waals surface area contributed by atoms with E-state index in [-0.39, 0.29) is 0 Å². The summed E-state index contributed by atoms with van der Waals surface area (Å²) in [5.41, 5.74) is 0. The van der Waals surface area contributed by atoms with Crippen molar-refractivity contribution in [3.8, 4) is 0 Å². The quantitative estimate of drug-likeness (QED) is 0.249. The van der Waals surface area contributed by atoms with Gasteiger partial charge >= 0.3 is 23.5 Å². The number of aliphatic hydroxyl groups excluding tert-OH is 1. The van der Waals surface area contributed by atoms with E-state index in [1.54, 1.807) is 0 Å². The Hall–Kier alpha value is 1.03. The van der Waals surface area contributed by atoms with Gasteiger partial charge in [0.2, 0.25) is 5.13 Å². The van der Waals surface area contributed by atoms with Crippen molar-refractivity contribution in [2.75, 3.05) is 6.61 Å². The van der Waals surface area contributed by atoms with Crippen molar-refractivity contribution in [1.82, 2.24) is 0 Å². The number of hydrogen-bond acceptors (Lipinski definition) is 8. The Bertz CT molecular complexity index is 581. The lowest BCUT2D eigenvalue weighted by molar-refractivity contribution is -0.00517. The van der Waals surface area contributed by atoms with Crippen LogP contribution >= 0.6 is 51.0 Å². The molecule has 0 aromatic carbocycles. The van der Waals surface area contributed by atoms with Crippen LogP contribution in [0.1, 0.15) is 0 Å². The summed E-state index contributed by atoms with van der Waals surface area (Å²) in [6, 6.07) is 0. The number of aliphatic hydroxyl groups is 1. The van der Waals surface area contributed by atoms with E-state index in [4.69, 9.17) is 35.9 Å². The van der Waals surface area contributed by atoms with E-state index in [1.165, 1.54) is 0 Å². The van der Waals surface area contributed by atoms with Crippen LogP contribution in [-0.2, 0) is 31.6 Å². The molecular formula is C5H10BrClFO12P3. The minimum atomic E-state index is -5.66. The molecule has 1 heterocycles. The molecule has 1 aliphatic rings. The van der Waals surface area contributed by atoms with E-state index < -0.39 is 52.4 Å². The van der Waals surface area contributed by atoms with E-state index in [0.29, 0.717) is 0 Å². The van der Waals surface area contributed by atoms with Gasteiger partial charge in [0.1, 0.15) is 12.2 Å². The predicted octanol–water partition coefficient (Wildman–Crippen LogP) is 0.715. The molecule has 0 bridgehead atoms. The highest BCUT2D eigenvalue weighted by Gasteiger charge is 2.56. The van der Waals surface area contributed by atoms with Gasteiger partial charge in [-0.25, -0.2) is 18.1 Å². The van der Waals surface area contributed by atoms with Gasteiger partial charge in [-0.05, 0) is 0 Å². The average Bonchev–Trinajstić information content (AvgIpc) is 2.45. The maximum Gasteiger partial charge on any atom is 0.490 e. The monoisotopic (exact) mass is 488 g/mol. The minimum Gasteiger partial charge on any atom is -0.385 e. The van der Waals surface area contributed by atoms with Crippen LogP contribution in [0.15, 0.2) is 0 Å². The first kappa shape index (κ1) is 22.1. The normalized spacial score (nSPS) is 37.3. The number of phosphoric acid groups is 3. The topological polar surface area (TPSA) is 189 Å². The Labute approximate surface area is 141 Å². The van der Waals surface area contributed by atoms with E-state index in [2.05, 4.69) is 29.1 Å². The van der Waals surface area contributed by atoms with E-state index in [9.17, 15) is 23.2 Å². The second kappa shape index (κ2) is 7.34. The molecule has 1 rings (SSSR count). The third-order valence-electron chi connectivity index (χ3n) is 2.16. The van der Waals surface area contributed by atoms with Gasteiger partial charge in [-0.2, -0.15) is 8.62 Å². The molecular weight excluding hydrogens is 479 g/mol. The summed E-state index contributed by atoms with van der Waals surface area (Å²) in [7, 11) is -16.6. The summed E-state index contributed by atoms with van der Waals surface area (Å²) < 4.78 is 62.3. The van der Waals surface area contributed by atoms with Gasteiger partial charge in [-0.3, -0.25) is 4.52 Å². The fraction of sp³-hybridized carbons (Fsp3) is 1.00. The number of rotatable bonds is 7. The smallest absolute Gasteiger partial charge is 0.385 e. The molecule has 2 unspecified atom stereocenters. The third-order valence-corrected chi connectivity index (χ3v) is 7.53. The highest BCUT2D eigenvalue weighted by molar-refractivity contribution is 9.09. The predicted molar refractivity (Wildman–Crippen MR) is 73.1 cm³/mol. The number of ether oxygens (including phenoxy) is 1. The Morgan fingerprint density at radius 3 is 2.09 bits per heavy atom. The van der Waals surface area contributed by atoms with Gasteiger partial charge in [0, 0.05) is 0 Å². The lowest BCUT2D eigenvalue weighted by atomic mass is 10.2. The van der Waals surface area contributed by atoms with Gasteiger partial charge in [0.05, 0.1) is 6.61 Å². The number of halogens is 3. The van der Waals surface area contributed by atoms with Crippen molar-refractivity contribution in [1.29, 1.82) is 0 Å². The molecule has 0 saturated carbocycles. The molecule has 0 radical (unpaired) electrons. The molecule has 0 aromatic rings. The van der Waals surface area contributed by atoms with Crippen LogP contribution in [0.4, 0.5) is 4.39 Å². The SMILES string of the molecule is O=P(O)(O)OP(=O)(O)OP(=O)(O)OC[C@H]1O[C@@H](Br)[C@@](F)(Cl)[C@@H]1O. The first-order chi connectivity index (χ1) is 10.1. The molecule has 6 atom stereocenters. The van der Waals surface area contributed by atoms with Gasteiger partial charge in [0.25, 0.3) is 0 Å². The van der Waals surface area contributed by atoms with Crippen LogP contribution in [0.25, 0.3) is 0 Å². The number of hydrogen-bond donors (Lipinski definition) is 5. The van der Waals surface area contributed by atoms with Gasteiger partial charge in [-0.15, -0.1) is 0 Å². The second-order valence-electron chi connectivity index (χ2n) is 4.00. The molecule has 0 spiro atoms. The maximum absolute atomic E-state index is 13.7. The largest absolute Gasteiger partial charge is 0.490 e. The minimum absolute atomic E-state index is 1.02. The molecule has 23 heavy (non-hydrogen) atoms. The lowest BCUT2D eigenvalue weighted by Gasteiger charge is -2.20. The lowest BCUT2D eigenvalue weighted by Crippen LogP contribution is -2.38. The Balaban J connectivity index is 2.65. The molecule has 12 nitrogen and oxygen atoms in total. The zero-order valence-corrected chi connectivity index (χ0v) is 15.5. The van der Waals surface area contributed by atoms with Crippen molar-refractivity contribution in [2.24, 2.45) is 0 Å². The van der Waals surface area contributed by atoms with Crippen molar-refractivity contribution in [3.63, 3.8) is 0 Å². The van der Waals surface area contributed by atoms with Gasteiger partial charge in [0.15, 0.2) is 5.01 Å². The van der Waals surface area contributed by atoms with E-state index in [1.807, 2.05) is 0 Å². The zero-order chi connectivity index (χ0) is 18.3. The van der Waals surface area contributed by atoms with Gasteiger partial charge < -0.3 is 29.4 Å². The molecule has 5 N–H and O–H groups in total. The molecule has 1 aliphatic heterocycles. The highest BCUT2D eigenvalue weighted by Crippen LogP contribution is 2.66. The standard InChI is InChI=1S/C5H10BrClFO12P3/c6-4-5(7,8)3(9)2(18-4)1-17-22(13,14)20-23(15,16)19-21(10,11)12/h2-4,9H,1H2,(H,13,14)(H,15,16)(H2,10,11,12)/t2-,3-,4-,5-/m1/s1. The summed E-state index contributed by atoms with van der Waals surface area (Å²) in [4.78, 5) is 34.7. The Kier molecular flexibility index (Phi) is 7.04. The summed E-state index contributed by atoms with van der Waals surface area (Å²) in [5, 5.41) is 5.22. The number of phosphoric ester groups is 1. The molecule has 1 fully saturated rings. The third kappa shape index (κ3) is 6.69. The van der Waals surface area contributed by atoms with Crippen LogP contribution < -0.4 is 0 Å². The molecule has 0 aliphatic carbocycles. The van der Waals surface area contributed by atoms with Crippen LogP contribution in [0, 0.1) is 0 Å². The van der Waals surface area contributed by atoms with Crippen molar-refractivity contribution in [2.45, 2.75) is 22.3 Å².